The minimum absolute atomic E-state index is 0.0925. The number of rotatable bonds is 6. The lowest BCUT2D eigenvalue weighted by molar-refractivity contribution is -0.117. The summed E-state index contributed by atoms with van der Waals surface area (Å²) >= 11 is 0. The van der Waals surface area contributed by atoms with Gasteiger partial charge in [0.25, 0.3) is 0 Å². The van der Waals surface area contributed by atoms with Gasteiger partial charge in [0, 0.05) is 36.8 Å². The molecule has 1 heterocycles. The number of nitrogens with one attached hydrogen (secondary N) is 2. The number of para-hydroxylation sites is 1. The maximum absolute atomic E-state index is 12.2. The van der Waals surface area contributed by atoms with Crippen LogP contribution in [0.2, 0.25) is 0 Å². The molecular weight excluding hydrogens is 330 g/mol. The van der Waals surface area contributed by atoms with Crippen LogP contribution < -0.4 is 20.3 Å². The second-order valence-electron chi connectivity index (χ2n) is 6.20. The highest BCUT2D eigenvalue weighted by Crippen LogP contribution is 2.24. The Hall–Kier alpha value is -3.02. The average Bonchev–Trinajstić information content (AvgIpc) is 3.03. The maximum atomic E-state index is 12.2. The summed E-state index contributed by atoms with van der Waals surface area (Å²) in [6.07, 6.45) is 0.443. The number of benzene rings is 2. The number of urea groups is 1. The zero-order valence-electron chi connectivity index (χ0n) is 14.8. The molecule has 0 unspecified atom stereocenters. The van der Waals surface area contributed by atoms with Gasteiger partial charge in [-0.2, -0.15) is 0 Å². The molecule has 6 heteroatoms. The maximum Gasteiger partial charge on any atom is 0.319 e. The predicted molar refractivity (Wildman–Crippen MR) is 102 cm³/mol. The number of amides is 3. The standard InChI is InChI=1S/C20H23N3O3/c1-2-26-18-10-8-16(9-11-18)22-20(25)21-13-15-12-19(24)23(14-15)17-6-4-3-5-7-17/h3-11,15H,2,12-14H2,1H3,(H2,21,22,25)/t15-/m1/s1. The number of ether oxygens (including phenoxy) is 1. The molecule has 0 radical (unpaired) electrons. The van der Waals surface area contributed by atoms with E-state index in [-0.39, 0.29) is 17.9 Å². The van der Waals surface area contributed by atoms with Crippen LogP contribution in [0, 0.1) is 5.92 Å². The van der Waals surface area contributed by atoms with Gasteiger partial charge in [-0.3, -0.25) is 4.79 Å². The summed E-state index contributed by atoms with van der Waals surface area (Å²) in [4.78, 5) is 26.0. The Labute approximate surface area is 153 Å². The van der Waals surface area contributed by atoms with E-state index in [0.29, 0.717) is 31.8 Å². The van der Waals surface area contributed by atoms with E-state index in [0.717, 1.165) is 11.4 Å². The number of carbonyl (C=O) groups excluding carboxylic acids is 2. The van der Waals surface area contributed by atoms with E-state index in [2.05, 4.69) is 10.6 Å². The van der Waals surface area contributed by atoms with Crippen LogP contribution >= 0.6 is 0 Å². The van der Waals surface area contributed by atoms with Gasteiger partial charge in [-0.25, -0.2) is 4.79 Å². The van der Waals surface area contributed by atoms with E-state index >= 15 is 0 Å². The lowest BCUT2D eigenvalue weighted by Crippen LogP contribution is -2.34. The van der Waals surface area contributed by atoms with E-state index in [1.807, 2.05) is 49.4 Å². The van der Waals surface area contributed by atoms with E-state index in [4.69, 9.17) is 4.74 Å². The molecule has 0 saturated carbocycles. The van der Waals surface area contributed by atoms with Gasteiger partial charge >= 0.3 is 6.03 Å². The van der Waals surface area contributed by atoms with Gasteiger partial charge in [0.2, 0.25) is 5.91 Å². The van der Waals surface area contributed by atoms with E-state index in [1.165, 1.54) is 0 Å². The Balaban J connectivity index is 1.47. The molecule has 136 valence electrons. The third-order valence-corrected chi connectivity index (χ3v) is 4.25. The molecular formula is C20H23N3O3. The van der Waals surface area contributed by atoms with Crippen LogP contribution in [0.1, 0.15) is 13.3 Å². The molecule has 1 aliphatic heterocycles. The van der Waals surface area contributed by atoms with Crippen LogP contribution in [-0.4, -0.2) is 31.6 Å². The minimum Gasteiger partial charge on any atom is -0.494 e. The molecule has 2 aromatic carbocycles. The fourth-order valence-electron chi connectivity index (χ4n) is 2.99. The van der Waals surface area contributed by atoms with Crippen molar-refractivity contribution < 1.29 is 14.3 Å². The average molecular weight is 353 g/mol. The zero-order valence-corrected chi connectivity index (χ0v) is 14.8. The van der Waals surface area contributed by atoms with Gasteiger partial charge in [-0.1, -0.05) is 18.2 Å². The molecule has 2 aromatic rings. The Bertz CT molecular complexity index is 747. The van der Waals surface area contributed by atoms with Gasteiger partial charge in [-0.05, 0) is 43.3 Å². The van der Waals surface area contributed by atoms with Gasteiger partial charge < -0.3 is 20.3 Å². The second-order valence-corrected chi connectivity index (χ2v) is 6.20. The molecule has 2 N–H and O–H groups in total. The quantitative estimate of drug-likeness (QED) is 0.837. The van der Waals surface area contributed by atoms with E-state index < -0.39 is 0 Å². The zero-order chi connectivity index (χ0) is 18.4. The SMILES string of the molecule is CCOc1ccc(NC(=O)NC[C@H]2CC(=O)N(c3ccccc3)C2)cc1. The molecule has 6 nitrogen and oxygen atoms in total. The number of carbonyl (C=O) groups is 2. The first-order chi connectivity index (χ1) is 12.7. The van der Waals surface area contributed by atoms with Crippen LogP contribution in [-0.2, 0) is 4.79 Å². The molecule has 1 saturated heterocycles. The molecule has 1 fully saturated rings. The molecule has 0 spiro atoms. The second kappa shape index (κ2) is 8.38. The van der Waals surface area contributed by atoms with Crippen molar-refractivity contribution in [1.82, 2.24) is 5.32 Å². The number of nitrogens with zero attached hydrogens (tertiary/aromatic N) is 1. The summed E-state index contributed by atoms with van der Waals surface area (Å²) in [6, 6.07) is 16.5. The smallest absolute Gasteiger partial charge is 0.319 e. The van der Waals surface area contributed by atoms with Gasteiger partial charge in [0.15, 0.2) is 0 Å². The van der Waals surface area contributed by atoms with Crippen molar-refractivity contribution in [3.8, 4) is 5.75 Å². The monoisotopic (exact) mass is 353 g/mol. The molecule has 0 bridgehead atoms. The van der Waals surface area contributed by atoms with Crippen molar-refractivity contribution in [2.24, 2.45) is 5.92 Å². The number of anilines is 2. The van der Waals surface area contributed by atoms with Crippen LogP contribution in [0.5, 0.6) is 5.75 Å². The predicted octanol–water partition coefficient (Wildman–Crippen LogP) is 3.26. The summed E-state index contributed by atoms with van der Waals surface area (Å²) in [5, 5.41) is 5.63. The Morgan fingerprint density at radius 2 is 1.88 bits per heavy atom. The topological polar surface area (TPSA) is 70.7 Å². The molecule has 1 aliphatic rings. The highest BCUT2D eigenvalue weighted by Gasteiger charge is 2.30. The fraction of sp³-hybridized carbons (Fsp3) is 0.300. The lowest BCUT2D eigenvalue weighted by atomic mass is 10.1. The third-order valence-electron chi connectivity index (χ3n) is 4.25. The van der Waals surface area contributed by atoms with E-state index in [9.17, 15) is 9.59 Å². The third kappa shape index (κ3) is 4.53. The first-order valence-corrected chi connectivity index (χ1v) is 8.79. The fourth-order valence-corrected chi connectivity index (χ4v) is 2.99. The Morgan fingerprint density at radius 3 is 2.58 bits per heavy atom. The summed E-state index contributed by atoms with van der Waals surface area (Å²) in [7, 11) is 0. The largest absolute Gasteiger partial charge is 0.494 e. The number of hydrogen-bond donors (Lipinski definition) is 2. The molecule has 3 rings (SSSR count). The lowest BCUT2D eigenvalue weighted by Gasteiger charge is -2.17. The van der Waals surface area contributed by atoms with Crippen molar-refractivity contribution in [3.05, 3.63) is 54.6 Å². The van der Waals surface area contributed by atoms with Crippen molar-refractivity contribution in [3.63, 3.8) is 0 Å². The minimum atomic E-state index is -0.278. The van der Waals surface area contributed by atoms with Crippen LogP contribution in [0.15, 0.2) is 54.6 Å². The molecule has 26 heavy (non-hydrogen) atoms. The number of hydrogen-bond acceptors (Lipinski definition) is 3. The van der Waals surface area contributed by atoms with Crippen molar-refractivity contribution in [2.75, 3.05) is 29.9 Å². The molecule has 3 amide bonds. The molecule has 0 aliphatic carbocycles. The van der Waals surface area contributed by atoms with Crippen molar-refractivity contribution >= 4 is 23.3 Å². The van der Waals surface area contributed by atoms with Crippen LogP contribution in [0.3, 0.4) is 0 Å². The Morgan fingerprint density at radius 1 is 1.15 bits per heavy atom. The molecule has 1 atom stereocenters. The summed E-state index contributed by atoms with van der Waals surface area (Å²) in [5.41, 5.74) is 1.60. The van der Waals surface area contributed by atoms with Gasteiger partial charge in [-0.15, -0.1) is 0 Å². The highest BCUT2D eigenvalue weighted by atomic mass is 16.5. The van der Waals surface area contributed by atoms with Gasteiger partial charge in [0.1, 0.15) is 5.75 Å². The van der Waals surface area contributed by atoms with Crippen LogP contribution in [0.25, 0.3) is 0 Å². The Kier molecular flexibility index (Phi) is 5.73. The van der Waals surface area contributed by atoms with Crippen LogP contribution in [0.4, 0.5) is 16.2 Å². The summed E-state index contributed by atoms with van der Waals surface area (Å²) in [6.45, 7) is 3.60. The van der Waals surface area contributed by atoms with Crippen molar-refractivity contribution in [1.29, 1.82) is 0 Å². The highest BCUT2D eigenvalue weighted by molar-refractivity contribution is 5.96. The first-order valence-electron chi connectivity index (χ1n) is 8.79. The van der Waals surface area contributed by atoms with E-state index in [1.54, 1.807) is 17.0 Å². The summed E-state index contributed by atoms with van der Waals surface area (Å²) in [5.74, 6) is 0.965. The van der Waals surface area contributed by atoms with Gasteiger partial charge in [0.05, 0.1) is 6.61 Å². The van der Waals surface area contributed by atoms with Crippen molar-refractivity contribution in [2.45, 2.75) is 13.3 Å². The summed E-state index contributed by atoms with van der Waals surface area (Å²) < 4.78 is 5.37. The first kappa shape index (κ1) is 17.8. The molecule has 0 aromatic heterocycles. The normalized spacial score (nSPS) is 16.4.